The number of carbonyl (C=O) groups is 1. The second-order valence-corrected chi connectivity index (χ2v) is 6.92. The Kier molecular flexibility index (Phi) is 5.98. The molecular formula is C14H23ClN4OS. The number of thiazole rings is 1. The molecule has 7 heteroatoms. The van der Waals surface area contributed by atoms with Gasteiger partial charge in [-0.2, -0.15) is 0 Å². The van der Waals surface area contributed by atoms with E-state index in [2.05, 4.69) is 15.2 Å². The minimum Gasteiger partial charge on any atom is -0.339 e. The Morgan fingerprint density at radius 2 is 2.19 bits per heavy atom. The quantitative estimate of drug-likeness (QED) is 0.906. The molecule has 118 valence electrons. The van der Waals surface area contributed by atoms with Gasteiger partial charge in [-0.1, -0.05) is 0 Å². The largest absolute Gasteiger partial charge is 0.339 e. The first-order chi connectivity index (χ1) is 9.72. The van der Waals surface area contributed by atoms with E-state index >= 15 is 0 Å². The van der Waals surface area contributed by atoms with Gasteiger partial charge in [0.1, 0.15) is 0 Å². The van der Waals surface area contributed by atoms with Crippen molar-refractivity contribution in [3.8, 4) is 0 Å². The summed E-state index contributed by atoms with van der Waals surface area (Å²) in [5.74, 6) is 0.302. The Labute approximate surface area is 136 Å². The van der Waals surface area contributed by atoms with E-state index in [0.29, 0.717) is 5.91 Å². The highest BCUT2D eigenvalue weighted by Crippen LogP contribution is 2.16. The van der Waals surface area contributed by atoms with Gasteiger partial charge < -0.3 is 10.2 Å². The van der Waals surface area contributed by atoms with Crippen molar-refractivity contribution in [1.29, 1.82) is 0 Å². The van der Waals surface area contributed by atoms with E-state index in [1.165, 1.54) is 4.88 Å². The van der Waals surface area contributed by atoms with Crippen molar-refractivity contribution in [2.24, 2.45) is 0 Å². The second kappa shape index (κ2) is 7.54. The number of carbonyl (C=O) groups excluding carboxylic acids is 1. The van der Waals surface area contributed by atoms with E-state index in [1.807, 2.05) is 18.0 Å². The Bertz CT molecular complexity index is 467. The van der Waals surface area contributed by atoms with Crippen LogP contribution in [-0.4, -0.2) is 59.5 Å². The minimum absolute atomic E-state index is 0. The van der Waals surface area contributed by atoms with Crippen molar-refractivity contribution in [1.82, 2.24) is 20.1 Å². The number of hydrogen-bond donors (Lipinski definition) is 1. The maximum absolute atomic E-state index is 12.3. The zero-order valence-corrected chi connectivity index (χ0v) is 14.0. The molecule has 5 nitrogen and oxygen atoms in total. The van der Waals surface area contributed by atoms with Crippen LogP contribution in [0.5, 0.6) is 0 Å². The first-order valence-corrected chi connectivity index (χ1v) is 8.20. The van der Waals surface area contributed by atoms with Crippen molar-refractivity contribution in [3.05, 3.63) is 16.1 Å². The van der Waals surface area contributed by atoms with Gasteiger partial charge in [-0.05, 0) is 26.3 Å². The van der Waals surface area contributed by atoms with Crippen LogP contribution in [0.4, 0.5) is 0 Å². The van der Waals surface area contributed by atoms with Gasteiger partial charge in [0.25, 0.3) is 0 Å². The number of amides is 1. The van der Waals surface area contributed by atoms with Crippen LogP contribution >= 0.6 is 23.7 Å². The molecule has 21 heavy (non-hydrogen) atoms. The minimum atomic E-state index is 0. The number of aromatic nitrogens is 1. The van der Waals surface area contributed by atoms with Crippen molar-refractivity contribution in [2.45, 2.75) is 32.4 Å². The number of nitrogens with zero attached hydrogens (tertiary/aromatic N) is 3. The van der Waals surface area contributed by atoms with E-state index in [9.17, 15) is 4.79 Å². The molecule has 2 saturated heterocycles. The van der Waals surface area contributed by atoms with Crippen LogP contribution in [0.3, 0.4) is 0 Å². The fourth-order valence-electron chi connectivity index (χ4n) is 2.94. The standard InChI is InChI=1S/C14H22N4OS.ClH/c1-11-16-9-12(20-11)10-17-5-7-18(8-6-17)14(19)13-3-2-4-15-13;/h9,13,15H,2-8,10H2,1H3;1H/t13-;/m0./s1. The molecule has 1 aromatic rings. The highest BCUT2D eigenvalue weighted by atomic mass is 35.5. The van der Waals surface area contributed by atoms with Crippen LogP contribution in [0, 0.1) is 6.92 Å². The zero-order chi connectivity index (χ0) is 13.9. The first-order valence-electron chi connectivity index (χ1n) is 7.38. The van der Waals surface area contributed by atoms with E-state index in [0.717, 1.165) is 57.1 Å². The monoisotopic (exact) mass is 330 g/mol. The normalized spacial score (nSPS) is 23.1. The SMILES string of the molecule is Cc1ncc(CN2CCN(C(=O)[C@@H]3CCCN3)CC2)s1.Cl. The molecule has 0 aromatic carbocycles. The second-order valence-electron chi connectivity index (χ2n) is 5.60. The molecule has 2 fully saturated rings. The molecule has 0 spiro atoms. The molecule has 3 heterocycles. The number of halogens is 1. The summed E-state index contributed by atoms with van der Waals surface area (Å²) in [6, 6.07) is 0.0747. The van der Waals surface area contributed by atoms with E-state index in [-0.39, 0.29) is 18.4 Å². The summed E-state index contributed by atoms with van der Waals surface area (Å²) in [5.41, 5.74) is 0. The van der Waals surface area contributed by atoms with Crippen LogP contribution in [0.15, 0.2) is 6.20 Å². The lowest BCUT2D eigenvalue weighted by atomic mass is 10.2. The van der Waals surface area contributed by atoms with Gasteiger partial charge in [0, 0.05) is 43.8 Å². The van der Waals surface area contributed by atoms with Crippen molar-refractivity contribution >= 4 is 29.7 Å². The van der Waals surface area contributed by atoms with E-state index in [1.54, 1.807) is 11.3 Å². The zero-order valence-electron chi connectivity index (χ0n) is 12.4. The van der Waals surface area contributed by atoms with Gasteiger partial charge >= 0.3 is 0 Å². The number of piperazine rings is 1. The molecule has 0 aliphatic carbocycles. The predicted molar refractivity (Wildman–Crippen MR) is 87.0 cm³/mol. The number of rotatable bonds is 3. The average Bonchev–Trinajstić information content (AvgIpc) is 3.11. The third-order valence-corrected chi connectivity index (χ3v) is 4.99. The Hall–Kier alpha value is -0.690. The Balaban J connectivity index is 0.00000161. The molecule has 0 bridgehead atoms. The summed E-state index contributed by atoms with van der Waals surface area (Å²) in [6.45, 7) is 7.64. The molecular weight excluding hydrogens is 308 g/mol. The van der Waals surface area contributed by atoms with E-state index < -0.39 is 0 Å². The highest BCUT2D eigenvalue weighted by molar-refractivity contribution is 7.11. The summed E-state index contributed by atoms with van der Waals surface area (Å²) in [5, 5.41) is 4.42. The molecule has 0 unspecified atom stereocenters. The molecule has 1 amide bonds. The van der Waals surface area contributed by atoms with Gasteiger partial charge in [0.15, 0.2) is 0 Å². The van der Waals surface area contributed by atoms with Crippen LogP contribution in [0.1, 0.15) is 22.7 Å². The Morgan fingerprint density at radius 1 is 1.43 bits per heavy atom. The van der Waals surface area contributed by atoms with Crippen LogP contribution < -0.4 is 5.32 Å². The van der Waals surface area contributed by atoms with Crippen molar-refractivity contribution in [3.63, 3.8) is 0 Å². The molecule has 1 atom stereocenters. The summed E-state index contributed by atoms with van der Waals surface area (Å²) in [4.78, 5) is 22.4. The van der Waals surface area contributed by atoms with Crippen LogP contribution in [0.25, 0.3) is 0 Å². The highest BCUT2D eigenvalue weighted by Gasteiger charge is 2.29. The number of hydrogen-bond acceptors (Lipinski definition) is 5. The van der Waals surface area contributed by atoms with Gasteiger partial charge in [-0.15, -0.1) is 23.7 Å². The molecule has 0 saturated carbocycles. The molecule has 3 rings (SSSR count). The smallest absolute Gasteiger partial charge is 0.239 e. The molecule has 1 N–H and O–H groups in total. The lowest BCUT2D eigenvalue weighted by Gasteiger charge is -2.35. The summed E-state index contributed by atoms with van der Waals surface area (Å²) >= 11 is 1.77. The first kappa shape index (κ1) is 16.7. The average molecular weight is 331 g/mol. The van der Waals surface area contributed by atoms with Crippen molar-refractivity contribution in [2.75, 3.05) is 32.7 Å². The summed E-state index contributed by atoms with van der Waals surface area (Å²) in [6.07, 6.45) is 4.10. The molecule has 0 radical (unpaired) electrons. The lowest BCUT2D eigenvalue weighted by Crippen LogP contribution is -2.52. The van der Waals surface area contributed by atoms with Gasteiger partial charge in [-0.3, -0.25) is 9.69 Å². The molecule has 1 aromatic heterocycles. The van der Waals surface area contributed by atoms with Gasteiger partial charge in [0.05, 0.1) is 11.0 Å². The third-order valence-electron chi connectivity index (χ3n) is 4.09. The summed E-state index contributed by atoms with van der Waals surface area (Å²) in [7, 11) is 0. The van der Waals surface area contributed by atoms with Crippen molar-refractivity contribution < 1.29 is 4.79 Å². The van der Waals surface area contributed by atoms with Crippen LogP contribution in [-0.2, 0) is 11.3 Å². The number of aryl methyl sites for hydroxylation is 1. The summed E-state index contributed by atoms with van der Waals surface area (Å²) < 4.78 is 0. The fourth-order valence-corrected chi connectivity index (χ4v) is 3.78. The predicted octanol–water partition coefficient (Wildman–Crippen LogP) is 1.27. The van der Waals surface area contributed by atoms with Crippen LogP contribution in [0.2, 0.25) is 0 Å². The van der Waals surface area contributed by atoms with E-state index in [4.69, 9.17) is 0 Å². The Morgan fingerprint density at radius 3 is 2.76 bits per heavy atom. The maximum atomic E-state index is 12.3. The van der Waals surface area contributed by atoms with Gasteiger partial charge in [0.2, 0.25) is 5.91 Å². The molecule has 2 aliphatic heterocycles. The fraction of sp³-hybridized carbons (Fsp3) is 0.714. The lowest BCUT2D eigenvalue weighted by molar-refractivity contribution is -0.134. The molecule has 2 aliphatic rings. The maximum Gasteiger partial charge on any atom is 0.239 e. The van der Waals surface area contributed by atoms with Gasteiger partial charge in [-0.25, -0.2) is 4.98 Å². The third kappa shape index (κ3) is 4.16. The topological polar surface area (TPSA) is 48.5 Å². The number of nitrogens with one attached hydrogen (secondary N) is 1.